The molecule has 15 heavy (non-hydrogen) atoms. The Morgan fingerprint density at radius 2 is 2.40 bits per heavy atom. The molecule has 1 fully saturated rings. The van der Waals surface area contributed by atoms with E-state index in [-0.39, 0.29) is 18.1 Å². The Labute approximate surface area is 88.7 Å². The van der Waals surface area contributed by atoms with Gasteiger partial charge in [0.05, 0.1) is 6.07 Å². The van der Waals surface area contributed by atoms with E-state index in [9.17, 15) is 0 Å². The van der Waals surface area contributed by atoms with Crippen LogP contribution in [0, 0.1) is 17.2 Å². The first kappa shape index (κ1) is 8.90. The first-order valence-electron chi connectivity index (χ1n) is 5.24. The van der Waals surface area contributed by atoms with E-state index in [4.69, 9.17) is 10.00 Å². The number of allylic oxidation sites excluding steroid dienone is 2. The summed E-state index contributed by atoms with van der Waals surface area (Å²) in [5.41, 5.74) is 2.61. The van der Waals surface area contributed by atoms with Gasteiger partial charge in [0, 0.05) is 19.0 Å². The number of nitrogens with one attached hydrogen (secondary N) is 1. The summed E-state index contributed by atoms with van der Waals surface area (Å²) in [5.74, 6) is 0.248. The van der Waals surface area contributed by atoms with Gasteiger partial charge in [-0.25, -0.2) is 0 Å². The first-order chi connectivity index (χ1) is 7.40. The molecule has 3 unspecified atom stereocenters. The van der Waals surface area contributed by atoms with Gasteiger partial charge in [-0.1, -0.05) is 24.3 Å². The van der Waals surface area contributed by atoms with Crippen molar-refractivity contribution >= 4 is 0 Å². The number of rotatable bonds is 0. The molecule has 0 saturated carbocycles. The van der Waals surface area contributed by atoms with Crippen molar-refractivity contribution in [3.8, 4) is 6.07 Å². The van der Waals surface area contributed by atoms with Crippen LogP contribution in [0.25, 0.3) is 0 Å². The van der Waals surface area contributed by atoms with Crippen molar-refractivity contribution in [1.29, 1.82) is 5.26 Å². The molecule has 1 N–H and O–H groups in total. The van der Waals surface area contributed by atoms with Crippen LogP contribution < -0.4 is 5.32 Å². The molecule has 2 heterocycles. The second kappa shape index (κ2) is 3.34. The van der Waals surface area contributed by atoms with Crippen LogP contribution in [0.15, 0.2) is 35.5 Å². The van der Waals surface area contributed by atoms with E-state index >= 15 is 0 Å². The predicted molar refractivity (Wildman–Crippen MR) is 55.9 cm³/mol. The molecule has 76 valence electrons. The van der Waals surface area contributed by atoms with E-state index in [2.05, 4.69) is 17.5 Å². The minimum atomic E-state index is -0.292. The molecule has 0 radical (unpaired) electrons. The molecule has 2 aliphatic heterocycles. The summed E-state index contributed by atoms with van der Waals surface area (Å²) in [6, 6.07) is 2.25. The summed E-state index contributed by atoms with van der Waals surface area (Å²) in [6.07, 6.45) is 7.83. The van der Waals surface area contributed by atoms with Crippen molar-refractivity contribution < 1.29 is 4.74 Å². The van der Waals surface area contributed by atoms with E-state index < -0.39 is 0 Å². The highest BCUT2D eigenvalue weighted by molar-refractivity contribution is 5.44. The van der Waals surface area contributed by atoms with Gasteiger partial charge in [0.2, 0.25) is 0 Å². The van der Waals surface area contributed by atoms with E-state index in [1.807, 2.05) is 18.2 Å². The van der Waals surface area contributed by atoms with Gasteiger partial charge < -0.3 is 10.1 Å². The predicted octanol–water partition coefficient (Wildman–Crippen LogP) is 0.919. The molecular weight excluding hydrogens is 188 g/mol. The average Bonchev–Trinajstić information content (AvgIpc) is 2.77. The van der Waals surface area contributed by atoms with E-state index in [1.165, 1.54) is 11.1 Å². The third kappa shape index (κ3) is 1.26. The highest BCUT2D eigenvalue weighted by Crippen LogP contribution is 2.35. The highest BCUT2D eigenvalue weighted by Gasteiger charge is 2.38. The van der Waals surface area contributed by atoms with Crippen molar-refractivity contribution in [3.63, 3.8) is 0 Å². The van der Waals surface area contributed by atoms with Gasteiger partial charge in [-0.2, -0.15) is 5.26 Å². The van der Waals surface area contributed by atoms with E-state index in [0.29, 0.717) is 0 Å². The molecule has 3 aliphatic rings. The van der Waals surface area contributed by atoms with Crippen LogP contribution in [0.1, 0.15) is 0 Å². The SMILES string of the molecule is N#CC1OC2C=CC=CC2=C2CNCC21. The van der Waals surface area contributed by atoms with Crippen LogP contribution >= 0.6 is 0 Å². The lowest BCUT2D eigenvalue weighted by Gasteiger charge is -2.32. The van der Waals surface area contributed by atoms with E-state index in [0.717, 1.165) is 13.1 Å². The lowest BCUT2D eigenvalue weighted by Crippen LogP contribution is -2.36. The summed E-state index contributed by atoms with van der Waals surface area (Å²) < 4.78 is 5.76. The molecule has 1 aliphatic carbocycles. The Bertz CT molecular complexity index is 414. The quantitative estimate of drug-likeness (QED) is 0.632. The van der Waals surface area contributed by atoms with Gasteiger partial charge in [-0.05, 0) is 11.1 Å². The zero-order valence-electron chi connectivity index (χ0n) is 8.31. The Morgan fingerprint density at radius 1 is 1.47 bits per heavy atom. The summed E-state index contributed by atoms with van der Waals surface area (Å²) in [6.45, 7) is 1.76. The average molecular weight is 200 g/mol. The van der Waals surface area contributed by atoms with Crippen molar-refractivity contribution in [2.45, 2.75) is 12.2 Å². The number of nitrogens with zero attached hydrogens (tertiary/aromatic N) is 1. The molecule has 0 aromatic carbocycles. The number of ether oxygens (including phenoxy) is 1. The van der Waals surface area contributed by atoms with Crippen LogP contribution in [-0.4, -0.2) is 25.3 Å². The maximum Gasteiger partial charge on any atom is 0.153 e. The van der Waals surface area contributed by atoms with Crippen molar-refractivity contribution in [2.24, 2.45) is 5.92 Å². The molecule has 0 aromatic rings. The lowest BCUT2D eigenvalue weighted by molar-refractivity contribution is 0.0303. The molecule has 0 aromatic heterocycles. The monoisotopic (exact) mass is 200 g/mol. The Kier molecular flexibility index (Phi) is 1.98. The molecule has 3 nitrogen and oxygen atoms in total. The molecule has 0 spiro atoms. The topological polar surface area (TPSA) is 45.0 Å². The van der Waals surface area contributed by atoms with Crippen LogP contribution in [0.4, 0.5) is 0 Å². The maximum absolute atomic E-state index is 9.06. The molecule has 1 saturated heterocycles. The fourth-order valence-electron chi connectivity index (χ4n) is 2.53. The Balaban J connectivity index is 2.06. The number of fused-ring (bicyclic) bond motifs is 2. The molecule has 3 atom stereocenters. The van der Waals surface area contributed by atoms with Gasteiger partial charge in [0.15, 0.2) is 6.10 Å². The van der Waals surface area contributed by atoms with Gasteiger partial charge in [-0.15, -0.1) is 0 Å². The molecule has 3 rings (SSSR count). The van der Waals surface area contributed by atoms with Gasteiger partial charge >= 0.3 is 0 Å². The fourth-order valence-corrected chi connectivity index (χ4v) is 2.53. The van der Waals surface area contributed by atoms with Crippen LogP contribution in [0.2, 0.25) is 0 Å². The zero-order chi connectivity index (χ0) is 10.3. The van der Waals surface area contributed by atoms with Gasteiger partial charge in [0.1, 0.15) is 6.10 Å². The van der Waals surface area contributed by atoms with Crippen LogP contribution in [-0.2, 0) is 4.74 Å². The fraction of sp³-hybridized carbons (Fsp3) is 0.417. The summed E-state index contributed by atoms with van der Waals surface area (Å²) in [7, 11) is 0. The second-order valence-corrected chi connectivity index (χ2v) is 4.07. The van der Waals surface area contributed by atoms with Gasteiger partial charge in [-0.3, -0.25) is 0 Å². The second-order valence-electron chi connectivity index (χ2n) is 4.07. The Morgan fingerprint density at radius 3 is 3.27 bits per heavy atom. The van der Waals surface area contributed by atoms with Crippen molar-refractivity contribution in [1.82, 2.24) is 5.32 Å². The number of nitriles is 1. The summed E-state index contributed by atoms with van der Waals surface area (Å²) in [5, 5.41) is 12.4. The zero-order valence-corrected chi connectivity index (χ0v) is 8.31. The minimum Gasteiger partial charge on any atom is -0.351 e. The standard InChI is InChI=1S/C12H12N2O/c13-5-12-10-7-14-6-9(10)8-3-1-2-4-11(8)15-12/h1-4,10-12,14H,6-7H2. The smallest absolute Gasteiger partial charge is 0.153 e. The third-order valence-corrected chi connectivity index (χ3v) is 3.26. The highest BCUT2D eigenvalue weighted by atomic mass is 16.5. The van der Waals surface area contributed by atoms with Crippen molar-refractivity contribution in [2.75, 3.05) is 13.1 Å². The molecule has 0 amide bonds. The number of hydrogen-bond acceptors (Lipinski definition) is 3. The summed E-state index contributed by atoms with van der Waals surface area (Å²) in [4.78, 5) is 0. The van der Waals surface area contributed by atoms with Crippen LogP contribution in [0.5, 0.6) is 0 Å². The Hall–Kier alpha value is -1.37. The normalized spacial score (nSPS) is 37.4. The van der Waals surface area contributed by atoms with Crippen LogP contribution in [0.3, 0.4) is 0 Å². The minimum absolute atomic E-state index is 0.00852. The van der Waals surface area contributed by atoms with Gasteiger partial charge in [0.25, 0.3) is 0 Å². The molecule has 3 heteroatoms. The molecule has 0 bridgehead atoms. The van der Waals surface area contributed by atoms with Crippen molar-refractivity contribution in [3.05, 3.63) is 35.5 Å². The van der Waals surface area contributed by atoms with E-state index in [1.54, 1.807) is 0 Å². The first-order valence-corrected chi connectivity index (χ1v) is 5.24. The number of hydrogen-bond donors (Lipinski definition) is 1. The largest absolute Gasteiger partial charge is 0.351 e. The third-order valence-electron chi connectivity index (χ3n) is 3.26. The lowest BCUT2D eigenvalue weighted by atomic mass is 9.86. The molecular formula is C12H12N2O. The summed E-state index contributed by atoms with van der Waals surface area (Å²) >= 11 is 0. The maximum atomic E-state index is 9.06.